The second-order valence-electron chi connectivity index (χ2n) is 5.28. The quantitative estimate of drug-likeness (QED) is 0.851. The summed E-state index contributed by atoms with van der Waals surface area (Å²) >= 11 is 0. The van der Waals surface area contributed by atoms with Crippen molar-refractivity contribution < 1.29 is 27.5 Å². The van der Waals surface area contributed by atoms with Gasteiger partial charge in [0.05, 0.1) is 16.9 Å². The Morgan fingerprint density at radius 1 is 1.21 bits per heavy atom. The predicted molar refractivity (Wildman–Crippen MR) is 85.2 cm³/mol. The average Bonchev–Trinajstić information content (AvgIpc) is 3.00. The molecule has 0 radical (unpaired) electrons. The first kappa shape index (κ1) is 17.7. The van der Waals surface area contributed by atoms with Crippen LogP contribution in [-0.2, 0) is 20.4 Å². The van der Waals surface area contributed by atoms with Crippen molar-refractivity contribution in [2.24, 2.45) is 0 Å². The molecule has 1 N–H and O–H groups in total. The number of carboxylic acid groups (broad SMARTS) is 1. The van der Waals surface area contributed by atoms with Crippen LogP contribution in [-0.4, -0.2) is 43.4 Å². The molecule has 2 aromatic rings. The molecule has 0 saturated carbocycles. The minimum atomic E-state index is -3.65. The number of carboxylic acids is 1. The molecule has 1 atom stereocenters. The van der Waals surface area contributed by atoms with Gasteiger partial charge in [-0.05, 0) is 25.1 Å². The molecule has 0 aliphatic heterocycles. The summed E-state index contributed by atoms with van der Waals surface area (Å²) in [4.78, 5) is 24.5. The fourth-order valence-corrected chi connectivity index (χ4v) is 3.43. The van der Waals surface area contributed by atoms with E-state index in [9.17, 15) is 18.0 Å². The van der Waals surface area contributed by atoms with Crippen molar-refractivity contribution in [3.63, 3.8) is 0 Å². The molecule has 1 aromatic carbocycles. The van der Waals surface area contributed by atoms with Gasteiger partial charge in [-0.1, -0.05) is 18.2 Å². The van der Waals surface area contributed by atoms with Gasteiger partial charge in [-0.15, -0.1) is 0 Å². The van der Waals surface area contributed by atoms with Crippen LogP contribution in [0.3, 0.4) is 0 Å². The highest BCUT2D eigenvalue weighted by Crippen LogP contribution is 2.21. The summed E-state index contributed by atoms with van der Waals surface area (Å²) in [6.45, 7) is 1.35. The molecule has 1 unspecified atom stereocenters. The van der Waals surface area contributed by atoms with Crippen LogP contribution in [0.1, 0.15) is 23.0 Å². The molecule has 8 heteroatoms. The molecular formula is C16H17NO6S. The summed E-state index contributed by atoms with van der Waals surface area (Å²) in [5.74, 6) is -2.45. The first-order valence-corrected chi connectivity index (χ1v) is 8.73. The molecule has 0 aliphatic rings. The van der Waals surface area contributed by atoms with E-state index in [2.05, 4.69) is 0 Å². The van der Waals surface area contributed by atoms with Gasteiger partial charge in [0.2, 0.25) is 0 Å². The van der Waals surface area contributed by atoms with Gasteiger partial charge < -0.3 is 14.4 Å². The van der Waals surface area contributed by atoms with Crippen molar-refractivity contribution in [1.82, 2.24) is 4.90 Å². The largest absolute Gasteiger partial charge is 0.480 e. The Kier molecular flexibility index (Phi) is 5.08. The van der Waals surface area contributed by atoms with Gasteiger partial charge in [-0.25, -0.2) is 13.2 Å². The number of hydrogen-bond acceptors (Lipinski definition) is 5. The second-order valence-corrected chi connectivity index (χ2v) is 7.27. The van der Waals surface area contributed by atoms with Gasteiger partial charge in [-0.3, -0.25) is 4.79 Å². The highest BCUT2D eigenvalue weighted by Gasteiger charge is 2.28. The van der Waals surface area contributed by atoms with Gasteiger partial charge in [0, 0.05) is 12.6 Å². The minimum Gasteiger partial charge on any atom is -0.480 e. The maximum absolute atomic E-state index is 12.4. The molecule has 0 fully saturated rings. The number of amides is 1. The van der Waals surface area contributed by atoms with Crippen LogP contribution >= 0.6 is 0 Å². The molecular weight excluding hydrogens is 334 g/mol. The van der Waals surface area contributed by atoms with Gasteiger partial charge in [0.15, 0.2) is 15.6 Å². The third kappa shape index (κ3) is 3.65. The van der Waals surface area contributed by atoms with E-state index in [-0.39, 0.29) is 16.2 Å². The highest BCUT2D eigenvalue weighted by atomic mass is 32.2. The number of nitrogens with zero attached hydrogens (tertiary/aromatic N) is 1. The van der Waals surface area contributed by atoms with Crippen LogP contribution in [0.2, 0.25) is 0 Å². The Labute approximate surface area is 139 Å². The van der Waals surface area contributed by atoms with Crippen molar-refractivity contribution in [3.8, 4) is 0 Å². The highest BCUT2D eigenvalue weighted by molar-refractivity contribution is 7.90. The zero-order valence-corrected chi connectivity index (χ0v) is 14.0. The number of hydrogen-bond donors (Lipinski definition) is 1. The number of carbonyl (C=O) groups is 2. The first-order chi connectivity index (χ1) is 11.2. The van der Waals surface area contributed by atoms with Gasteiger partial charge in [0.1, 0.15) is 6.04 Å². The number of likely N-dealkylation sites (N-methyl/N-ethyl adjacent to an activating group) is 1. The van der Waals surface area contributed by atoms with Crippen LogP contribution < -0.4 is 0 Å². The van der Waals surface area contributed by atoms with E-state index in [1.165, 1.54) is 38.4 Å². The predicted octanol–water partition coefficient (Wildman–Crippen LogP) is 1.80. The lowest BCUT2D eigenvalue weighted by Crippen LogP contribution is -2.40. The number of aliphatic carboxylic acids is 1. The number of carbonyl (C=O) groups excluding carboxylic acids is 1. The van der Waals surface area contributed by atoms with Crippen molar-refractivity contribution in [2.75, 3.05) is 7.05 Å². The van der Waals surface area contributed by atoms with E-state index >= 15 is 0 Å². The Balaban J connectivity index is 2.28. The second kappa shape index (κ2) is 6.88. The minimum absolute atomic E-state index is 0.136. The molecule has 0 spiro atoms. The van der Waals surface area contributed by atoms with Gasteiger partial charge in [-0.2, -0.15) is 0 Å². The van der Waals surface area contributed by atoms with Crippen molar-refractivity contribution >= 4 is 21.7 Å². The van der Waals surface area contributed by atoms with Crippen LogP contribution in [0.4, 0.5) is 0 Å². The lowest BCUT2D eigenvalue weighted by atomic mass is 10.2. The average molecular weight is 351 g/mol. The summed E-state index contributed by atoms with van der Waals surface area (Å²) in [7, 11) is -2.33. The molecule has 0 saturated heterocycles. The maximum Gasteiger partial charge on any atom is 0.326 e. The first-order valence-electron chi connectivity index (χ1n) is 7.08. The molecule has 0 aliphatic carbocycles. The number of benzene rings is 1. The van der Waals surface area contributed by atoms with Gasteiger partial charge in [0.25, 0.3) is 5.91 Å². The number of sulfone groups is 1. The summed E-state index contributed by atoms with van der Waals surface area (Å²) in [6, 6.07) is 8.18. The third-order valence-corrected chi connectivity index (χ3v) is 5.33. The van der Waals surface area contributed by atoms with E-state index in [0.717, 1.165) is 4.90 Å². The maximum atomic E-state index is 12.4. The standard InChI is InChI=1S/C16H17NO6S/c1-11(16(19)20)17(2)15(18)14-12(8-9-23-14)10-24(21,22)13-6-4-3-5-7-13/h3-9,11H,10H2,1-2H3,(H,19,20). The number of rotatable bonds is 6. The fourth-order valence-electron chi connectivity index (χ4n) is 2.05. The zero-order chi connectivity index (χ0) is 17.9. The molecule has 2 rings (SSSR count). The fraction of sp³-hybridized carbons (Fsp3) is 0.250. The Morgan fingerprint density at radius 3 is 2.42 bits per heavy atom. The smallest absolute Gasteiger partial charge is 0.326 e. The van der Waals surface area contributed by atoms with Crippen LogP contribution in [0, 0.1) is 0 Å². The Hall–Kier alpha value is -2.61. The summed E-state index contributed by atoms with van der Waals surface area (Å²) < 4.78 is 30.0. The summed E-state index contributed by atoms with van der Waals surface area (Å²) in [5, 5.41) is 8.98. The molecule has 128 valence electrons. The molecule has 7 nitrogen and oxygen atoms in total. The zero-order valence-electron chi connectivity index (χ0n) is 13.2. The van der Waals surface area contributed by atoms with Gasteiger partial charge >= 0.3 is 5.97 Å². The molecule has 1 amide bonds. The van der Waals surface area contributed by atoms with Crippen LogP contribution in [0.5, 0.6) is 0 Å². The molecule has 0 bridgehead atoms. The third-order valence-electron chi connectivity index (χ3n) is 3.65. The van der Waals surface area contributed by atoms with E-state index in [1.54, 1.807) is 18.2 Å². The van der Waals surface area contributed by atoms with Crippen LogP contribution in [0.25, 0.3) is 0 Å². The Morgan fingerprint density at radius 2 is 1.83 bits per heavy atom. The number of furan rings is 1. The summed E-state index contributed by atoms with van der Waals surface area (Å²) in [5.41, 5.74) is 0.188. The van der Waals surface area contributed by atoms with Crippen molar-refractivity contribution in [3.05, 3.63) is 54.0 Å². The van der Waals surface area contributed by atoms with E-state index < -0.39 is 33.5 Å². The van der Waals surface area contributed by atoms with Crippen LogP contribution in [0.15, 0.2) is 52.0 Å². The van der Waals surface area contributed by atoms with Crippen molar-refractivity contribution in [1.29, 1.82) is 0 Å². The molecule has 24 heavy (non-hydrogen) atoms. The van der Waals surface area contributed by atoms with Crippen molar-refractivity contribution in [2.45, 2.75) is 23.6 Å². The van der Waals surface area contributed by atoms with E-state index in [4.69, 9.17) is 9.52 Å². The lowest BCUT2D eigenvalue weighted by Gasteiger charge is -2.20. The lowest BCUT2D eigenvalue weighted by molar-refractivity contribution is -0.141. The molecule has 1 heterocycles. The molecule has 1 aromatic heterocycles. The van der Waals surface area contributed by atoms with E-state index in [1.807, 2.05) is 0 Å². The summed E-state index contributed by atoms with van der Waals surface area (Å²) in [6.07, 6.45) is 1.21. The van der Waals surface area contributed by atoms with E-state index in [0.29, 0.717) is 0 Å². The Bertz CT molecular complexity index is 840. The normalized spacial score (nSPS) is 12.6. The monoisotopic (exact) mass is 351 g/mol. The topological polar surface area (TPSA) is 105 Å². The SMILES string of the molecule is CC(C(=O)O)N(C)C(=O)c1occc1CS(=O)(=O)c1ccccc1.